The van der Waals surface area contributed by atoms with Gasteiger partial charge in [-0.25, -0.2) is 4.39 Å². The Balaban J connectivity index is 2.39. The van der Waals surface area contributed by atoms with Crippen LogP contribution in [-0.2, 0) is 16.0 Å². The highest BCUT2D eigenvalue weighted by atomic mass is 79.9. The van der Waals surface area contributed by atoms with E-state index >= 15 is 0 Å². The van der Waals surface area contributed by atoms with Crippen molar-refractivity contribution in [1.29, 1.82) is 0 Å². The second-order valence-corrected chi connectivity index (χ2v) is 4.52. The van der Waals surface area contributed by atoms with Gasteiger partial charge in [0.2, 0.25) is 0 Å². The molecule has 0 saturated heterocycles. The van der Waals surface area contributed by atoms with Crippen LogP contribution in [0.25, 0.3) is 10.9 Å². The van der Waals surface area contributed by atoms with E-state index in [1.54, 1.807) is 19.2 Å². The number of halogens is 2. The summed E-state index contributed by atoms with van der Waals surface area (Å²) >= 11 is 3.23. The number of hydrogen-bond donors (Lipinski definition) is 1. The molecule has 1 aromatic carbocycles. The van der Waals surface area contributed by atoms with Crippen molar-refractivity contribution in [2.45, 2.75) is 13.3 Å². The monoisotopic (exact) mass is 299 g/mol. The predicted octanol–water partition coefficient (Wildman–Crippen LogP) is 3.18. The molecule has 17 heavy (non-hydrogen) atoms. The summed E-state index contributed by atoms with van der Waals surface area (Å²) in [5.74, 6) is -0.654. The lowest BCUT2D eigenvalue weighted by atomic mass is 10.1. The lowest BCUT2D eigenvalue weighted by Crippen LogP contribution is -2.06. The topological polar surface area (TPSA) is 42.1 Å². The van der Waals surface area contributed by atoms with E-state index in [2.05, 4.69) is 20.9 Å². The van der Waals surface area contributed by atoms with E-state index in [1.807, 2.05) is 0 Å². The molecule has 3 nitrogen and oxygen atoms in total. The van der Waals surface area contributed by atoms with Gasteiger partial charge in [0.15, 0.2) is 0 Å². The molecule has 2 aromatic rings. The smallest absolute Gasteiger partial charge is 0.310 e. The van der Waals surface area contributed by atoms with Gasteiger partial charge in [-0.15, -0.1) is 0 Å². The standard InChI is InChI=1S/C12H11BrFNO2/c1-2-17-11(16)3-7-6-15-12-9(7)4-8(13)5-10(12)14/h4-6,15H,2-3H2,1H3. The fourth-order valence-corrected chi connectivity index (χ4v) is 2.15. The number of ether oxygens (including phenoxy) is 1. The molecule has 0 aliphatic heterocycles. The Labute approximate surface area is 106 Å². The number of hydrogen-bond acceptors (Lipinski definition) is 2. The summed E-state index contributed by atoms with van der Waals surface area (Å²) in [6.45, 7) is 2.10. The summed E-state index contributed by atoms with van der Waals surface area (Å²) < 4.78 is 19.1. The minimum atomic E-state index is -0.343. The molecule has 0 aliphatic rings. The number of nitrogens with one attached hydrogen (secondary N) is 1. The van der Waals surface area contributed by atoms with Crippen molar-refractivity contribution in [2.75, 3.05) is 6.61 Å². The van der Waals surface area contributed by atoms with Gasteiger partial charge in [-0.2, -0.15) is 0 Å². The number of benzene rings is 1. The highest BCUT2D eigenvalue weighted by Gasteiger charge is 2.12. The molecular weight excluding hydrogens is 289 g/mol. The molecule has 1 heterocycles. The number of aromatic amines is 1. The second kappa shape index (κ2) is 4.87. The van der Waals surface area contributed by atoms with Crippen molar-refractivity contribution in [3.8, 4) is 0 Å². The summed E-state index contributed by atoms with van der Waals surface area (Å²) in [4.78, 5) is 14.2. The normalized spacial score (nSPS) is 10.8. The van der Waals surface area contributed by atoms with Crippen LogP contribution in [0.4, 0.5) is 4.39 Å². The molecule has 0 bridgehead atoms. The zero-order valence-corrected chi connectivity index (χ0v) is 10.8. The first-order valence-corrected chi connectivity index (χ1v) is 6.01. The van der Waals surface area contributed by atoms with Crippen LogP contribution in [0.1, 0.15) is 12.5 Å². The number of rotatable bonds is 3. The highest BCUT2D eigenvalue weighted by Crippen LogP contribution is 2.26. The zero-order chi connectivity index (χ0) is 12.4. The van der Waals surface area contributed by atoms with Crippen LogP contribution >= 0.6 is 15.9 Å². The first-order chi connectivity index (χ1) is 8.11. The lowest BCUT2D eigenvalue weighted by Gasteiger charge is -2.01. The van der Waals surface area contributed by atoms with Crippen LogP contribution < -0.4 is 0 Å². The molecule has 0 atom stereocenters. The van der Waals surface area contributed by atoms with Gasteiger partial charge in [0.25, 0.3) is 0 Å². The van der Waals surface area contributed by atoms with Gasteiger partial charge in [0.05, 0.1) is 18.5 Å². The van der Waals surface area contributed by atoms with Crippen molar-refractivity contribution in [2.24, 2.45) is 0 Å². The van der Waals surface area contributed by atoms with Crippen molar-refractivity contribution in [3.05, 3.63) is 34.2 Å². The second-order valence-electron chi connectivity index (χ2n) is 3.61. The lowest BCUT2D eigenvalue weighted by molar-refractivity contribution is -0.142. The van der Waals surface area contributed by atoms with E-state index < -0.39 is 0 Å². The Morgan fingerprint density at radius 3 is 3.00 bits per heavy atom. The number of aromatic nitrogens is 1. The first kappa shape index (κ1) is 12.1. The van der Waals surface area contributed by atoms with E-state index in [4.69, 9.17) is 4.74 Å². The molecule has 0 fully saturated rings. The molecule has 1 aromatic heterocycles. The molecule has 0 saturated carbocycles. The van der Waals surface area contributed by atoms with Gasteiger partial charge in [-0.05, 0) is 24.6 Å². The summed E-state index contributed by atoms with van der Waals surface area (Å²) in [5, 5.41) is 0.699. The first-order valence-electron chi connectivity index (χ1n) is 5.22. The Morgan fingerprint density at radius 1 is 1.53 bits per heavy atom. The Morgan fingerprint density at radius 2 is 2.29 bits per heavy atom. The third-order valence-electron chi connectivity index (χ3n) is 2.43. The molecular formula is C12H11BrFNO2. The van der Waals surface area contributed by atoms with Crippen LogP contribution in [-0.4, -0.2) is 17.6 Å². The highest BCUT2D eigenvalue weighted by molar-refractivity contribution is 9.10. The third-order valence-corrected chi connectivity index (χ3v) is 2.89. The Bertz CT molecular complexity index is 565. The van der Waals surface area contributed by atoms with E-state index in [1.165, 1.54) is 6.07 Å². The van der Waals surface area contributed by atoms with E-state index in [9.17, 15) is 9.18 Å². The summed E-state index contributed by atoms with van der Waals surface area (Å²) in [6, 6.07) is 3.16. The SMILES string of the molecule is CCOC(=O)Cc1c[nH]c2c(F)cc(Br)cc12. The van der Waals surface area contributed by atoms with Gasteiger partial charge < -0.3 is 9.72 Å². The summed E-state index contributed by atoms with van der Waals surface area (Å²) in [5.41, 5.74) is 1.14. The molecule has 0 unspecified atom stereocenters. The number of H-pyrrole nitrogens is 1. The minimum absolute atomic E-state index is 0.143. The molecule has 5 heteroatoms. The average molecular weight is 300 g/mol. The number of carbonyl (C=O) groups is 1. The number of fused-ring (bicyclic) bond motifs is 1. The van der Waals surface area contributed by atoms with E-state index in [0.717, 1.165) is 5.56 Å². The fraction of sp³-hybridized carbons (Fsp3) is 0.250. The van der Waals surface area contributed by atoms with Gasteiger partial charge >= 0.3 is 5.97 Å². The quantitative estimate of drug-likeness (QED) is 0.885. The van der Waals surface area contributed by atoms with Gasteiger partial charge in [0.1, 0.15) is 5.82 Å². The Hall–Kier alpha value is -1.36. The average Bonchev–Trinajstić information content (AvgIpc) is 2.62. The molecule has 0 aliphatic carbocycles. The maximum Gasteiger partial charge on any atom is 0.310 e. The fourth-order valence-electron chi connectivity index (χ4n) is 1.72. The third kappa shape index (κ3) is 2.49. The summed E-state index contributed by atoms with van der Waals surface area (Å²) in [7, 11) is 0. The maximum atomic E-state index is 13.6. The van der Waals surface area contributed by atoms with Crippen LogP contribution in [0.15, 0.2) is 22.8 Å². The number of esters is 1. The van der Waals surface area contributed by atoms with Crippen LogP contribution in [0.5, 0.6) is 0 Å². The van der Waals surface area contributed by atoms with Crippen molar-refractivity contribution in [3.63, 3.8) is 0 Å². The molecule has 0 amide bonds. The maximum absolute atomic E-state index is 13.6. The number of carbonyl (C=O) groups excluding carboxylic acids is 1. The van der Waals surface area contributed by atoms with Crippen molar-refractivity contribution in [1.82, 2.24) is 4.98 Å². The molecule has 0 radical (unpaired) electrons. The van der Waals surface area contributed by atoms with Crippen LogP contribution in [0.3, 0.4) is 0 Å². The summed E-state index contributed by atoms with van der Waals surface area (Å²) in [6.07, 6.45) is 1.78. The molecule has 90 valence electrons. The zero-order valence-electron chi connectivity index (χ0n) is 9.22. The van der Waals surface area contributed by atoms with Gasteiger partial charge in [0, 0.05) is 16.1 Å². The van der Waals surface area contributed by atoms with Gasteiger partial charge in [-0.1, -0.05) is 15.9 Å². The Kier molecular flexibility index (Phi) is 3.47. The van der Waals surface area contributed by atoms with E-state index in [-0.39, 0.29) is 18.2 Å². The van der Waals surface area contributed by atoms with Crippen LogP contribution in [0.2, 0.25) is 0 Å². The molecule has 0 spiro atoms. The predicted molar refractivity (Wildman–Crippen MR) is 66.3 cm³/mol. The largest absolute Gasteiger partial charge is 0.466 e. The molecule has 2 rings (SSSR count). The van der Waals surface area contributed by atoms with Crippen LogP contribution in [0, 0.1) is 5.82 Å². The van der Waals surface area contributed by atoms with E-state index in [0.29, 0.717) is 22.0 Å². The van der Waals surface area contributed by atoms with Crippen molar-refractivity contribution >= 4 is 32.8 Å². The van der Waals surface area contributed by atoms with Gasteiger partial charge in [-0.3, -0.25) is 4.79 Å². The molecule has 1 N–H and O–H groups in total. The van der Waals surface area contributed by atoms with Crippen molar-refractivity contribution < 1.29 is 13.9 Å². The minimum Gasteiger partial charge on any atom is -0.466 e.